The van der Waals surface area contributed by atoms with E-state index in [0.717, 1.165) is 31.7 Å². The predicted molar refractivity (Wildman–Crippen MR) is 106 cm³/mol. The summed E-state index contributed by atoms with van der Waals surface area (Å²) >= 11 is 5.42. The molecule has 0 amide bonds. The van der Waals surface area contributed by atoms with E-state index in [1.165, 1.54) is 9.79 Å². The average Bonchev–Trinajstić information content (AvgIpc) is 2.61. The Morgan fingerprint density at radius 1 is 1.12 bits per heavy atom. The lowest BCUT2D eigenvalue weighted by Gasteiger charge is -2.10. The Balaban J connectivity index is 2.28. The van der Waals surface area contributed by atoms with Gasteiger partial charge in [0.2, 0.25) is 0 Å². The maximum absolute atomic E-state index is 5.25. The Morgan fingerprint density at radius 3 is 2.46 bits per heavy atom. The fraction of sp³-hybridized carbons (Fsp3) is 0.150. The summed E-state index contributed by atoms with van der Waals surface area (Å²) in [5.74, 6) is 0.866. The second-order valence-electron chi connectivity index (χ2n) is 5.32. The lowest BCUT2D eigenvalue weighted by Crippen LogP contribution is -2.31. The minimum absolute atomic E-state index is 0.866. The number of hydrogen-bond acceptors (Lipinski definition) is 3. The first-order valence-electron chi connectivity index (χ1n) is 7.67. The highest BCUT2D eigenvalue weighted by Crippen LogP contribution is 2.31. The number of hydrogen-bond donors (Lipinski definition) is 0. The van der Waals surface area contributed by atoms with E-state index in [4.69, 9.17) is 9.72 Å². The third-order valence-electron chi connectivity index (χ3n) is 3.77. The molecule has 0 bridgehead atoms. The second-order valence-corrected chi connectivity index (χ2v) is 7.59. The van der Waals surface area contributed by atoms with Crippen molar-refractivity contribution in [1.29, 1.82) is 0 Å². The van der Waals surface area contributed by atoms with Gasteiger partial charge in [0.05, 0.1) is 18.0 Å². The number of pyridine rings is 1. The minimum atomic E-state index is 0.866. The molecule has 0 unspecified atom stereocenters. The summed E-state index contributed by atoms with van der Waals surface area (Å²) in [5.41, 5.74) is 1.01. The van der Waals surface area contributed by atoms with Crippen molar-refractivity contribution in [1.82, 2.24) is 4.98 Å². The lowest BCUT2D eigenvalue weighted by atomic mass is 10.2. The summed E-state index contributed by atoms with van der Waals surface area (Å²) in [4.78, 5) is 7.19. The van der Waals surface area contributed by atoms with Crippen LogP contribution in [-0.4, -0.2) is 12.1 Å². The maximum atomic E-state index is 5.25. The van der Waals surface area contributed by atoms with Crippen molar-refractivity contribution in [2.24, 2.45) is 0 Å². The van der Waals surface area contributed by atoms with E-state index >= 15 is 0 Å². The SMILES string of the molecule is CC=c1nc2ccccc2c(Sc2ccc(OC)cc2)c1=C(C)Br. The Labute approximate surface area is 154 Å². The molecule has 1 aromatic heterocycles. The van der Waals surface area contributed by atoms with Gasteiger partial charge in [-0.25, -0.2) is 4.98 Å². The molecule has 122 valence electrons. The molecular formula is C20H18BrNOS. The first-order chi connectivity index (χ1) is 11.6. The molecule has 1 heterocycles. The maximum Gasteiger partial charge on any atom is 0.118 e. The van der Waals surface area contributed by atoms with Gasteiger partial charge in [0.25, 0.3) is 0 Å². The van der Waals surface area contributed by atoms with Crippen LogP contribution < -0.4 is 15.3 Å². The van der Waals surface area contributed by atoms with Crippen molar-refractivity contribution in [2.75, 3.05) is 7.11 Å². The third kappa shape index (κ3) is 3.35. The van der Waals surface area contributed by atoms with Gasteiger partial charge in [-0.15, -0.1) is 0 Å². The van der Waals surface area contributed by atoms with Gasteiger partial charge in [-0.05, 0) is 44.2 Å². The number of rotatable bonds is 3. The Bertz CT molecular complexity index is 993. The van der Waals surface area contributed by atoms with Crippen molar-refractivity contribution in [3.05, 3.63) is 59.1 Å². The van der Waals surface area contributed by atoms with Crippen molar-refractivity contribution in [2.45, 2.75) is 23.6 Å². The highest BCUT2D eigenvalue weighted by atomic mass is 79.9. The molecule has 0 radical (unpaired) electrons. The zero-order chi connectivity index (χ0) is 17.1. The van der Waals surface area contributed by atoms with Crippen LogP contribution in [0.25, 0.3) is 21.5 Å². The van der Waals surface area contributed by atoms with Gasteiger partial charge in [0.15, 0.2) is 0 Å². The van der Waals surface area contributed by atoms with Gasteiger partial charge in [-0.1, -0.05) is 52.0 Å². The molecule has 2 nitrogen and oxygen atoms in total. The monoisotopic (exact) mass is 399 g/mol. The van der Waals surface area contributed by atoms with Crippen LogP contribution in [0.5, 0.6) is 5.75 Å². The fourth-order valence-electron chi connectivity index (χ4n) is 2.61. The number of benzene rings is 2. The van der Waals surface area contributed by atoms with Crippen LogP contribution >= 0.6 is 27.7 Å². The minimum Gasteiger partial charge on any atom is -0.497 e. The molecule has 0 fully saturated rings. The van der Waals surface area contributed by atoms with Crippen LogP contribution in [0.4, 0.5) is 0 Å². The normalized spacial score (nSPS) is 13.2. The van der Waals surface area contributed by atoms with Crippen LogP contribution in [0.2, 0.25) is 0 Å². The van der Waals surface area contributed by atoms with Crippen molar-refractivity contribution < 1.29 is 4.74 Å². The van der Waals surface area contributed by atoms with Crippen LogP contribution in [0, 0.1) is 0 Å². The summed E-state index contributed by atoms with van der Waals surface area (Å²) in [6, 6.07) is 16.4. The molecule has 0 N–H and O–H groups in total. The Hall–Kier alpha value is -1.78. The first kappa shape index (κ1) is 17.1. The summed E-state index contributed by atoms with van der Waals surface area (Å²) in [6.07, 6.45) is 2.06. The number of nitrogens with zero attached hydrogens (tertiary/aromatic N) is 1. The largest absolute Gasteiger partial charge is 0.497 e. The molecule has 0 spiro atoms. The Kier molecular flexibility index (Phi) is 5.27. The van der Waals surface area contributed by atoms with Gasteiger partial charge < -0.3 is 4.74 Å². The van der Waals surface area contributed by atoms with E-state index in [1.54, 1.807) is 18.9 Å². The molecule has 2 aromatic carbocycles. The van der Waals surface area contributed by atoms with E-state index in [0.29, 0.717) is 0 Å². The first-order valence-corrected chi connectivity index (χ1v) is 9.28. The number of ether oxygens (including phenoxy) is 1. The van der Waals surface area contributed by atoms with Gasteiger partial charge in [0.1, 0.15) is 5.75 Å². The zero-order valence-corrected chi connectivity index (χ0v) is 16.2. The van der Waals surface area contributed by atoms with Crippen LogP contribution in [-0.2, 0) is 0 Å². The second kappa shape index (κ2) is 7.41. The summed E-state index contributed by atoms with van der Waals surface area (Å²) in [7, 11) is 1.68. The molecule has 3 rings (SSSR count). The topological polar surface area (TPSA) is 22.1 Å². The third-order valence-corrected chi connectivity index (χ3v) is 5.30. The predicted octanol–water partition coefficient (Wildman–Crippen LogP) is 4.72. The molecule has 0 aliphatic carbocycles. The Morgan fingerprint density at radius 2 is 1.83 bits per heavy atom. The number of halogens is 1. The molecule has 4 heteroatoms. The summed E-state index contributed by atoms with van der Waals surface area (Å²) < 4.78 is 6.34. The van der Waals surface area contributed by atoms with Crippen LogP contribution in [0.3, 0.4) is 0 Å². The molecule has 3 aromatic rings. The standard InChI is InChI=1S/C20H18BrNOS/c1-4-17-19(13(2)21)20(16-7-5-6-8-18(16)22-17)24-15-11-9-14(23-3)10-12-15/h4-12H,1-3H3. The summed E-state index contributed by atoms with van der Waals surface area (Å²) in [5, 5.41) is 3.31. The van der Waals surface area contributed by atoms with Crippen molar-refractivity contribution >= 4 is 49.2 Å². The molecule has 0 atom stereocenters. The number of aromatic nitrogens is 1. The van der Waals surface area contributed by atoms with E-state index in [-0.39, 0.29) is 0 Å². The molecule has 0 saturated carbocycles. The highest BCUT2D eigenvalue weighted by molar-refractivity contribution is 9.14. The smallest absolute Gasteiger partial charge is 0.118 e. The average molecular weight is 400 g/mol. The highest BCUT2D eigenvalue weighted by Gasteiger charge is 2.09. The molecule has 0 aliphatic rings. The lowest BCUT2D eigenvalue weighted by molar-refractivity contribution is 0.414. The van der Waals surface area contributed by atoms with E-state index in [1.807, 2.05) is 25.1 Å². The van der Waals surface area contributed by atoms with E-state index in [9.17, 15) is 0 Å². The van der Waals surface area contributed by atoms with Crippen LogP contribution in [0.1, 0.15) is 13.8 Å². The van der Waals surface area contributed by atoms with Gasteiger partial charge in [-0.2, -0.15) is 0 Å². The fourth-order valence-corrected chi connectivity index (χ4v) is 4.29. The number of methoxy groups -OCH3 is 1. The van der Waals surface area contributed by atoms with Gasteiger partial charge in [-0.3, -0.25) is 0 Å². The van der Waals surface area contributed by atoms with Crippen molar-refractivity contribution in [3.63, 3.8) is 0 Å². The van der Waals surface area contributed by atoms with E-state index in [2.05, 4.69) is 59.3 Å². The van der Waals surface area contributed by atoms with Gasteiger partial charge in [0, 0.05) is 24.9 Å². The molecule has 0 aliphatic heterocycles. The van der Waals surface area contributed by atoms with E-state index < -0.39 is 0 Å². The number of fused-ring (bicyclic) bond motifs is 1. The number of para-hydroxylation sites is 1. The van der Waals surface area contributed by atoms with Crippen molar-refractivity contribution in [3.8, 4) is 5.75 Å². The van der Waals surface area contributed by atoms with Gasteiger partial charge >= 0.3 is 0 Å². The molecule has 0 saturated heterocycles. The molecular weight excluding hydrogens is 382 g/mol. The zero-order valence-electron chi connectivity index (χ0n) is 13.8. The molecule has 24 heavy (non-hydrogen) atoms. The summed E-state index contributed by atoms with van der Waals surface area (Å²) in [6.45, 7) is 4.09. The van der Waals surface area contributed by atoms with Crippen LogP contribution in [0.15, 0.2) is 58.3 Å². The quantitative estimate of drug-likeness (QED) is 0.635.